The molecule has 0 heterocycles. The number of hydrogen-bond donors (Lipinski definition) is 3. The van der Waals surface area contributed by atoms with Crippen LogP contribution < -0.4 is 16.0 Å². The van der Waals surface area contributed by atoms with Crippen molar-refractivity contribution in [3.63, 3.8) is 0 Å². The molecule has 0 saturated heterocycles. The maximum atomic E-state index is 12.0. The third-order valence-electron chi connectivity index (χ3n) is 2.94. The minimum Gasteiger partial charge on any atom is -0.383 e. The van der Waals surface area contributed by atoms with Crippen LogP contribution in [0.1, 0.15) is 29.8 Å². The van der Waals surface area contributed by atoms with Crippen LogP contribution in [0.15, 0.2) is 18.2 Å². The molecule has 130 valence electrons. The van der Waals surface area contributed by atoms with E-state index in [4.69, 9.17) is 4.74 Å². The summed E-state index contributed by atoms with van der Waals surface area (Å²) in [5.41, 5.74) is 2.12. The first-order chi connectivity index (χ1) is 10.4. The van der Waals surface area contributed by atoms with Gasteiger partial charge in [0.2, 0.25) is 5.91 Å². The Morgan fingerprint density at radius 2 is 1.96 bits per heavy atom. The zero-order chi connectivity index (χ0) is 16.5. The standard InChI is InChI=1S/C16H25N3O3.ClH/c1-11(2)18-16(21)14-6-5-13(9-12(14)3)19-15(20)10-17-7-8-22-4;/h5-6,9,11,17H,7-8,10H2,1-4H3,(H,18,21)(H,19,20);1H. The van der Waals surface area contributed by atoms with Crippen molar-refractivity contribution in [3.8, 4) is 0 Å². The fourth-order valence-corrected chi connectivity index (χ4v) is 1.92. The third-order valence-corrected chi connectivity index (χ3v) is 2.94. The minimum atomic E-state index is -0.130. The Balaban J connectivity index is 0.00000484. The summed E-state index contributed by atoms with van der Waals surface area (Å²) in [6.07, 6.45) is 0. The van der Waals surface area contributed by atoms with Crippen molar-refractivity contribution in [2.24, 2.45) is 0 Å². The van der Waals surface area contributed by atoms with E-state index in [0.29, 0.717) is 24.4 Å². The van der Waals surface area contributed by atoms with Crippen LogP contribution in [-0.4, -0.2) is 44.7 Å². The number of hydrogen-bond acceptors (Lipinski definition) is 4. The van der Waals surface area contributed by atoms with Gasteiger partial charge in [0.1, 0.15) is 0 Å². The van der Waals surface area contributed by atoms with E-state index in [0.717, 1.165) is 5.56 Å². The van der Waals surface area contributed by atoms with E-state index in [2.05, 4.69) is 16.0 Å². The van der Waals surface area contributed by atoms with Gasteiger partial charge in [-0.3, -0.25) is 9.59 Å². The topological polar surface area (TPSA) is 79.5 Å². The molecule has 0 bridgehead atoms. The molecule has 1 rings (SSSR count). The highest BCUT2D eigenvalue weighted by Crippen LogP contribution is 2.15. The molecule has 7 heteroatoms. The normalized spacial score (nSPS) is 10.1. The molecule has 0 aliphatic rings. The van der Waals surface area contributed by atoms with E-state index in [1.54, 1.807) is 25.3 Å². The van der Waals surface area contributed by atoms with Crippen molar-refractivity contribution in [1.29, 1.82) is 0 Å². The van der Waals surface area contributed by atoms with Crippen molar-refractivity contribution in [2.75, 3.05) is 32.1 Å². The number of carbonyl (C=O) groups is 2. The summed E-state index contributed by atoms with van der Waals surface area (Å²) < 4.78 is 4.89. The number of methoxy groups -OCH3 is 1. The van der Waals surface area contributed by atoms with Gasteiger partial charge in [0.15, 0.2) is 0 Å². The zero-order valence-corrected chi connectivity index (χ0v) is 14.9. The Bertz CT molecular complexity index is 521. The van der Waals surface area contributed by atoms with E-state index in [-0.39, 0.29) is 36.8 Å². The van der Waals surface area contributed by atoms with Gasteiger partial charge in [-0.05, 0) is 44.5 Å². The molecule has 0 unspecified atom stereocenters. The molecular weight excluding hydrogens is 318 g/mol. The van der Waals surface area contributed by atoms with Gasteiger partial charge < -0.3 is 20.7 Å². The summed E-state index contributed by atoms with van der Waals surface area (Å²) in [5, 5.41) is 8.62. The smallest absolute Gasteiger partial charge is 0.251 e. The average Bonchev–Trinajstić information content (AvgIpc) is 2.43. The molecule has 1 aromatic rings. The van der Waals surface area contributed by atoms with Crippen LogP contribution in [0.2, 0.25) is 0 Å². The molecule has 6 nitrogen and oxygen atoms in total. The van der Waals surface area contributed by atoms with Gasteiger partial charge in [-0.15, -0.1) is 12.4 Å². The van der Waals surface area contributed by atoms with Crippen molar-refractivity contribution < 1.29 is 14.3 Å². The first kappa shape index (κ1) is 21.4. The summed E-state index contributed by atoms with van der Waals surface area (Å²) in [6.45, 7) is 7.08. The molecule has 0 atom stereocenters. The molecular formula is C16H26ClN3O3. The number of halogens is 1. The summed E-state index contributed by atoms with van der Waals surface area (Å²) in [5.74, 6) is -0.235. The Morgan fingerprint density at radius 1 is 1.26 bits per heavy atom. The first-order valence-corrected chi connectivity index (χ1v) is 7.35. The van der Waals surface area contributed by atoms with Crippen LogP contribution in [-0.2, 0) is 9.53 Å². The largest absolute Gasteiger partial charge is 0.383 e. The van der Waals surface area contributed by atoms with Gasteiger partial charge in [0.25, 0.3) is 5.91 Å². The number of carbonyl (C=O) groups excluding carboxylic acids is 2. The van der Waals surface area contributed by atoms with Crippen molar-refractivity contribution in [2.45, 2.75) is 26.8 Å². The maximum Gasteiger partial charge on any atom is 0.251 e. The molecule has 2 amide bonds. The van der Waals surface area contributed by atoms with Crippen LogP contribution in [0.5, 0.6) is 0 Å². The predicted octanol–water partition coefficient (Wildman–Crippen LogP) is 1.73. The Hall–Kier alpha value is -1.63. The average molecular weight is 344 g/mol. The van der Waals surface area contributed by atoms with Crippen molar-refractivity contribution in [3.05, 3.63) is 29.3 Å². The van der Waals surface area contributed by atoms with Gasteiger partial charge in [0, 0.05) is 30.9 Å². The Kier molecular flexibility index (Phi) is 10.2. The van der Waals surface area contributed by atoms with Gasteiger partial charge in [-0.1, -0.05) is 0 Å². The molecule has 0 aromatic heterocycles. The van der Waals surface area contributed by atoms with Crippen molar-refractivity contribution in [1.82, 2.24) is 10.6 Å². The fourth-order valence-electron chi connectivity index (χ4n) is 1.92. The molecule has 3 N–H and O–H groups in total. The summed E-state index contributed by atoms with van der Waals surface area (Å²) >= 11 is 0. The second-order valence-electron chi connectivity index (χ2n) is 5.38. The molecule has 1 aromatic carbocycles. The molecule has 0 aliphatic heterocycles. The van der Waals surface area contributed by atoms with E-state index >= 15 is 0 Å². The van der Waals surface area contributed by atoms with Crippen LogP contribution in [0.4, 0.5) is 5.69 Å². The van der Waals surface area contributed by atoms with Crippen LogP contribution in [0, 0.1) is 6.92 Å². The summed E-state index contributed by atoms with van der Waals surface area (Å²) in [6, 6.07) is 5.34. The minimum absolute atomic E-state index is 0. The number of aryl methyl sites for hydroxylation is 1. The Labute approximate surface area is 143 Å². The highest BCUT2D eigenvalue weighted by atomic mass is 35.5. The molecule has 0 radical (unpaired) electrons. The fraction of sp³-hybridized carbons (Fsp3) is 0.500. The third kappa shape index (κ3) is 7.97. The van der Waals surface area contributed by atoms with Crippen LogP contribution in [0.3, 0.4) is 0 Å². The van der Waals surface area contributed by atoms with Crippen LogP contribution in [0.25, 0.3) is 0 Å². The van der Waals surface area contributed by atoms with Gasteiger partial charge >= 0.3 is 0 Å². The number of anilines is 1. The second-order valence-corrected chi connectivity index (χ2v) is 5.38. The highest BCUT2D eigenvalue weighted by molar-refractivity contribution is 5.97. The molecule has 23 heavy (non-hydrogen) atoms. The van der Waals surface area contributed by atoms with E-state index < -0.39 is 0 Å². The van der Waals surface area contributed by atoms with E-state index in [1.165, 1.54) is 0 Å². The van der Waals surface area contributed by atoms with Gasteiger partial charge in [-0.2, -0.15) is 0 Å². The molecule has 0 saturated carbocycles. The monoisotopic (exact) mass is 343 g/mol. The SMILES string of the molecule is COCCNCC(=O)Nc1ccc(C(=O)NC(C)C)c(C)c1.Cl. The number of nitrogens with one attached hydrogen (secondary N) is 3. The first-order valence-electron chi connectivity index (χ1n) is 7.35. The van der Waals surface area contributed by atoms with Gasteiger partial charge in [0.05, 0.1) is 13.2 Å². The molecule has 0 spiro atoms. The zero-order valence-electron chi connectivity index (χ0n) is 14.1. The highest BCUT2D eigenvalue weighted by Gasteiger charge is 2.11. The molecule has 0 aliphatic carbocycles. The lowest BCUT2D eigenvalue weighted by Gasteiger charge is -2.12. The lowest BCUT2D eigenvalue weighted by molar-refractivity contribution is -0.115. The number of ether oxygens (including phenoxy) is 1. The predicted molar refractivity (Wildman–Crippen MR) is 94.4 cm³/mol. The lowest BCUT2D eigenvalue weighted by atomic mass is 10.1. The second kappa shape index (κ2) is 11.0. The maximum absolute atomic E-state index is 12.0. The van der Waals surface area contributed by atoms with E-state index in [1.807, 2.05) is 20.8 Å². The molecule has 0 fully saturated rings. The quantitative estimate of drug-likeness (QED) is 0.628. The summed E-state index contributed by atoms with van der Waals surface area (Å²) in [7, 11) is 1.61. The summed E-state index contributed by atoms with van der Waals surface area (Å²) in [4.78, 5) is 23.7. The van der Waals surface area contributed by atoms with Gasteiger partial charge in [-0.25, -0.2) is 0 Å². The number of rotatable bonds is 8. The lowest BCUT2D eigenvalue weighted by Crippen LogP contribution is -2.31. The van der Waals surface area contributed by atoms with Crippen LogP contribution >= 0.6 is 12.4 Å². The Morgan fingerprint density at radius 3 is 2.52 bits per heavy atom. The number of benzene rings is 1. The van der Waals surface area contributed by atoms with E-state index in [9.17, 15) is 9.59 Å². The van der Waals surface area contributed by atoms with Crippen molar-refractivity contribution >= 4 is 29.9 Å². The number of amides is 2.